The molecule has 0 saturated carbocycles. The number of rotatable bonds is 9. The first-order chi connectivity index (χ1) is 14.8. The number of hydrogen-bond donors (Lipinski definition) is 1. The minimum atomic E-state index is -0.977. The van der Waals surface area contributed by atoms with Gasteiger partial charge in [0, 0.05) is 0 Å². The monoisotopic (exact) mass is 418 g/mol. The first-order valence-electron chi connectivity index (χ1n) is 10.6. The molecule has 0 saturated heterocycles. The second-order valence-corrected chi connectivity index (χ2v) is 8.20. The highest BCUT2D eigenvalue weighted by Gasteiger charge is 2.13. The van der Waals surface area contributed by atoms with Crippen molar-refractivity contribution in [3.05, 3.63) is 94.0 Å². The number of benzene rings is 3. The van der Waals surface area contributed by atoms with Crippen molar-refractivity contribution < 1.29 is 19.4 Å². The van der Waals surface area contributed by atoms with Gasteiger partial charge in [0.2, 0.25) is 0 Å². The second kappa shape index (κ2) is 10.2. The van der Waals surface area contributed by atoms with E-state index in [0.717, 1.165) is 28.9 Å². The molecule has 3 aromatic rings. The lowest BCUT2D eigenvalue weighted by atomic mass is 9.93. The predicted molar refractivity (Wildman–Crippen MR) is 123 cm³/mol. The van der Waals surface area contributed by atoms with E-state index < -0.39 is 5.97 Å². The highest BCUT2D eigenvalue weighted by atomic mass is 16.5. The summed E-state index contributed by atoms with van der Waals surface area (Å²) in [5.41, 5.74) is 6.99. The summed E-state index contributed by atoms with van der Waals surface area (Å²) in [5, 5.41) is 8.82. The van der Waals surface area contributed by atoms with E-state index in [9.17, 15) is 4.79 Å². The molecule has 1 N–H and O–H groups in total. The molecule has 31 heavy (non-hydrogen) atoms. The fourth-order valence-electron chi connectivity index (χ4n) is 3.69. The zero-order chi connectivity index (χ0) is 22.4. The van der Waals surface area contributed by atoms with Crippen molar-refractivity contribution in [2.45, 2.75) is 46.6 Å². The van der Waals surface area contributed by atoms with Crippen molar-refractivity contribution >= 4 is 5.97 Å². The molecule has 0 spiro atoms. The molecule has 0 atom stereocenters. The minimum absolute atomic E-state index is 0.333. The van der Waals surface area contributed by atoms with Crippen LogP contribution in [-0.4, -0.2) is 17.7 Å². The van der Waals surface area contributed by atoms with E-state index in [4.69, 9.17) is 14.6 Å². The number of ether oxygens (including phenoxy) is 2. The summed E-state index contributed by atoms with van der Waals surface area (Å²) in [5.74, 6) is 0.886. The van der Waals surface area contributed by atoms with E-state index in [0.29, 0.717) is 18.3 Å². The third-order valence-corrected chi connectivity index (χ3v) is 5.35. The molecular formula is C27H30O4. The van der Waals surface area contributed by atoms with E-state index in [2.05, 4.69) is 44.2 Å². The number of carboxylic acids is 1. The molecule has 0 aliphatic carbocycles. The fraction of sp³-hybridized carbons (Fsp3) is 0.296. The van der Waals surface area contributed by atoms with E-state index >= 15 is 0 Å². The summed E-state index contributed by atoms with van der Waals surface area (Å²) < 4.78 is 11.5. The maximum absolute atomic E-state index is 10.8. The fourth-order valence-corrected chi connectivity index (χ4v) is 3.69. The quantitative estimate of drug-likeness (QED) is 0.459. The summed E-state index contributed by atoms with van der Waals surface area (Å²) >= 11 is 0. The van der Waals surface area contributed by atoms with Gasteiger partial charge in [-0.2, -0.15) is 0 Å². The first-order valence-corrected chi connectivity index (χ1v) is 10.6. The topological polar surface area (TPSA) is 55.8 Å². The normalized spacial score (nSPS) is 10.9. The van der Waals surface area contributed by atoms with Crippen LogP contribution in [0.15, 0.2) is 60.7 Å². The van der Waals surface area contributed by atoms with Gasteiger partial charge in [0.1, 0.15) is 18.1 Å². The first kappa shape index (κ1) is 22.4. The van der Waals surface area contributed by atoms with Crippen molar-refractivity contribution in [3.63, 3.8) is 0 Å². The molecule has 4 nitrogen and oxygen atoms in total. The van der Waals surface area contributed by atoms with E-state index in [-0.39, 0.29) is 6.61 Å². The average molecular weight is 419 g/mol. The molecule has 0 amide bonds. The smallest absolute Gasteiger partial charge is 0.341 e. The number of carbonyl (C=O) groups is 1. The summed E-state index contributed by atoms with van der Waals surface area (Å²) in [6.07, 6.45) is 0.801. The van der Waals surface area contributed by atoms with Crippen LogP contribution in [0, 0.1) is 13.8 Å². The van der Waals surface area contributed by atoms with Gasteiger partial charge in [-0.1, -0.05) is 56.3 Å². The molecule has 4 heteroatoms. The zero-order valence-corrected chi connectivity index (χ0v) is 18.6. The molecule has 0 aliphatic rings. The Morgan fingerprint density at radius 2 is 1.58 bits per heavy atom. The van der Waals surface area contributed by atoms with Gasteiger partial charge >= 0.3 is 5.97 Å². The van der Waals surface area contributed by atoms with Gasteiger partial charge in [0.25, 0.3) is 0 Å². The maximum atomic E-state index is 10.8. The van der Waals surface area contributed by atoms with Crippen LogP contribution in [0.2, 0.25) is 0 Å². The van der Waals surface area contributed by atoms with Crippen LogP contribution in [-0.2, 0) is 17.8 Å². The minimum Gasteiger partial charge on any atom is -0.489 e. The number of carboxylic acid groups (broad SMARTS) is 1. The largest absolute Gasteiger partial charge is 0.489 e. The summed E-state index contributed by atoms with van der Waals surface area (Å²) in [4.78, 5) is 10.8. The highest BCUT2D eigenvalue weighted by Crippen LogP contribution is 2.31. The van der Waals surface area contributed by atoms with Gasteiger partial charge in [-0.05, 0) is 77.8 Å². The zero-order valence-electron chi connectivity index (χ0n) is 18.6. The molecule has 0 bridgehead atoms. The van der Waals surface area contributed by atoms with Crippen LogP contribution in [0.5, 0.6) is 11.5 Å². The molecule has 0 heterocycles. The Bertz CT molecular complexity index is 1020. The summed E-state index contributed by atoms with van der Waals surface area (Å²) in [7, 11) is 0. The van der Waals surface area contributed by atoms with E-state index in [1.165, 1.54) is 16.7 Å². The maximum Gasteiger partial charge on any atom is 0.341 e. The van der Waals surface area contributed by atoms with Gasteiger partial charge in [0.05, 0.1) is 0 Å². The number of aliphatic carboxylic acids is 1. The Morgan fingerprint density at radius 3 is 2.19 bits per heavy atom. The third kappa shape index (κ3) is 6.11. The van der Waals surface area contributed by atoms with Crippen molar-refractivity contribution in [3.8, 4) is 11.5 Å². The standard InChI is InChI=1S/C27H30O4/c1-18(2)24-14-22(10-11-26(24)31-16-21-8-6-5-7-9-21)15-25-19(3)12-23(13-20(25)4)30-17-27(28)29/h5-14,18H,15-17H2,1-4H3,(H,28,29). The van der Waals surface area contributed by atoms with Crippen molar-refractivity contribution in [2.24, 2.45) is 0 Å². The van der Waals surface area contributed by atoms with Gasteiger partial charge in [-0.3, -0.25) is 0 Å². The molecule has 162 valence electrons. The molecule has 3 aromatic carbocycles. The Balaban J connectivity index is 1.78. The molecule has 0 radical (unpaired) electrons. The molecule has 0 fully saturated rings. The van der Waals surface area contributed by atoms with Crippen LogP contribution in [0.3, 0.4) is 0 Å². The van der Waals surface area contributed by atoms with Gasteiger partial charge < -0.3 is 14.6 Å². The molecule has 0 aliphatic heterocycles. The van der Waals surface area contributed by atoms with Crippen LogP contribution in [0.25, 0.3) is 0 Å². The van der Waals surface area contributed by atoms with Gasteiger partial charge in [-0.25, -0.2) is 4.79 Å². The molecule has 0 aromatic heterocycles. The highest BCUT2D eigenvalue weighted by molar-refractivity contribution is 5.68. The Hall–Kier alpha value is -3.27. The summed E-state index contributed by atoms with van der Waals surface area (Å²) in [6, 6.07) is 20.4. The Labute approximate surface area is 184 Å². The Kier molecular flexibility index (Phi) is 7.35. The van der Waals surface area contributed by atoms with Crippen LogP contribution >= 0.6 is 0 Å². The lowest BCUT2D eigenvalue weighted by Gasteiger charge is -2.17. The third-order valence-electron chi connectivity index (χ3n) is 5.35. The predicted octanol–water partition coefficient (Wildman–Crippen LogP) is 6.06. The van der Waals surface area contributed by atoms with Crippen molar-refractivity contribution in [2.75, 3.05) is 6.61 Å². The summed E-state index contributed by atoms with van der Waals surface area (Å²) in [6.45, 7) is 8.66. The average Bonchev–Trinajstić information content (AvgIpc) is 2.74. The van der Waals surface area contributed by atoms with E-state index in [1.54, 1.807) is 0 Å². The number of aryl methyl sites for hydroxylation is 2. The van der Waals surface area contributed by atoms with Gasteiger partial charge in [-0.15, -0.1) is 0 Å². The van der Waals surface area contributed by atoms with Crippen LogP contribution in [0.4, 0.5) is 0 Å². The van der Waals surface area contributed by atoms with Crippen molar-refractivity contribution in [1.29, 1.82) is 0 Å². The second-order valence-electron chi connectivity index (χ2n) is 8.20. The van der Waals surface area contributed by atoms with Crippen LogP contribution < -0.4 is 9.47 Å². The molecular weight excluding hydrogens is 388 g/mol. The Morgan fingerprint density at radius 1 is 0.903 bits per heavy atom. The molecule has 3 rings (SSSR count). The van der Waals surface area contributed by atoms with Crippen molar-refractivity contribution in [1.82, 2.24) is 0 Å². The van der Waals surface area contributed by atoms with E-state index in [1.807, 2.05) is 44.2 Å². The lowest BCUT2D eigenvalue weighted by Crippen LogP contribution is -2.10. The van der Waals surface area contributed by atoms with Gasteiger partial charge in [0.15, 0.2) is 6.61 Å². The molecule has 0 unspecified atom stereocenters. The SMILES string of the molecule is Cc1cc(OCC(=O)O)cc(C)c1Cc1ccc(OCc2ccccc2)c(C(C)C)c1. The lowest BCUT2D eigenvalue weighted by molar-refractivity contribution is -0.139. The van der Waals surface area contributed by atoms with Crippen LogP contribution in [0.1, 0.15) is 53.1 Å². The number of hydrogen-bond acceptors (Lipinski definition) is 3.